The molecule has 1 aromatic carbocycles. The molecule has 2 aromatic heterocycles. The molecule has 0 amide bonds. The molecule has 3 heterocycles. The van der Waals surface area contributed by atoms with Gasteiger partial charge in [0.1, 0.15) is 28.8 Å². The maximum atomic E-state index is 11.7. The van der Waals surface area contributed by atoms with Crippen LogP contribution < -0.4 is 10.1 Å². The number of para-hydroxylation sites is 2. The summed E-state index contributed by atoms with van der Waals surface area (Å²) in [5.74, 6) is 1.41. The minimum atomic E-state index is -3.19. The summed E-state index contributed by atoms with van der Waals surface area (Å²) in [6.45, 7) is 2.89. The molecule has 27 heavy (non-hydrogen) atoms. The van der Waals surface area contributed by atoms with Gasteiger partial charge < -0.3 is 10.1 Å². The van der Waals surface area contributed by atoms with Gasteiger partial charge in [-0.1, -0.05) is 12.1 Å². The Morgan fingerprint density at radius 3 is 2.89 bits per heavy atom. The lowest BCUT2D eigenvalue weighted by molar-refractivity contribution is 0.217. The van der Waals surface area contributed by atoms with Gasteiger partial charge >= 0.3 is 0 Å². The molecule has 1 atom stereocenters. The highest BCUT2D eigenvalue weighted by molar-refractivity contribution is 7.88. The summed E-state index contributed by atoms with van der Waals surface area (Å²) < 4.78 is 31.0. The Kier molecular flexibility index (Phi) is 4.75. The molecule has 0 radical (unpaired) electrons. The van der Waals surface area contributed by atoms with Crippen molar-refractivity contribution >= 4 is 43.1 Å². The molecule has 1 fully saturated rings. The van der Waals surface area contributed by atoms with Crippen LogP contribution in [-0.4, -0.2) is 48.1 Å². The molecule has 1 aliphatic rings. The van der Waals surface area contributed by atoms with E-state index in [2.05, 4.69) is 20.7 Å². The van der Waals surface area contributed by atoms with E-state index in [4.69, 9.17) is 4.74 Å². The zero-order valence-corrected chi connectivity index (χ0v) is 16.7. The van der Waals surface area contributed by atoms with Gasteiger partial charge in [0.05, 0.1) is 23.9 Å². The molecule has 9 heteroatoms. The number of aryl methyl sites for hydroxylation is 1. The van der Waals surface area contributed by atoms with Crippen molar-refractivity contribution in [3.63, 3.8) is 0 Å². The van der Waals surface area contributed by atoms with Crippen LogP contribution in [0.2, 0.25) is 0 Å². The summed E-state index contributed by atoms with van der Waals surface area (Å²) in [5.41, 5.74) is 1.91. The van der Waals surface area contributed by atoms with Crippen LogP contribution in [0.5, 0.6) is 5.75 Å². The Balaban J connectivity index is 1.58. The first-order valence-corrected chi connectivity index (χ1v) is 11.3. The summed E-state index contributed by atoms with van der Waals surface area (Å²) in [5, 5.41) is 6.42. The number of benzene rings is 1. The molecule has 0 saturated carbocycles. The first-order chi connectivity index (χ1) is 12.9. The lowest BCUT2D eigenvalue weighted by Gasteiger charge is -2.18. The molecular formula is C18H20N4O3S2. The monoisotopic (exact) mass is 404 g/mol. The number of ether oxygens (including phenoxy) is 1. The van der Waals surface area contributed by atoms with E-state index in [1.807, 2.05) is 31.2 Å². The largest absolute Gasteiger partial charge is 0.487 e. The van der Waals surface area contributed by atoms with Crippen LogP contribution in [0.3, 0.4) is 0 Å². The van der Waals surface area contributed by atoms with Crippen molar-refractivity contribution in [2.75, 3.05) is 24.7 Å². The molecule has 1 unspecified atom stereocenters. The van der Waals surface area contributed by atoms with Gasteiger partial charge in [-0.15, -0.1) is 11.3 Å². The maximum absolute atomic E-state index is 11.7. The summed E-state index contributed by atoms with van der Waals surface area (Å²) in [6.07, 6.45) is 3.28. The number of aromatic nitrogens is 2. The van der Waals surface area contributed by atoms with Crippen molar-refractivity contribution in [3.05, 3.63) is 41.5 Å². The molecule has 0 aliphatic carbocycles. The minimum Gasteiger partial charge on any atom is -0.487 e. The number of hydrogen-bond acceptors (Lipinski definition) is 7. The lowest BCUT2D eigenvalue weighted by Crippen LogP contribution is -2.30. The fourth-order valence-corrected chi connectivity index (χ4v) is 4.95. The van der Waals surface area contributed by atoms with E-state index in [1.165, 1.54) is 10.6 Å². The van der Waals surface area contributed by atoms with Crippen molar-refractivity contribution in [1.29, 1.82) is 0 Å². The second-order valence-corrected chi connectivity index (χ2v) is 9.43. The zero-order chi connectivity index (χ0) is 19.0. The number of fused-ring (bicyclic) bond motifs is 1. The van der Waals surface area contributed by atoms with Gasteiger partial charge in [-0.25, -0.2) is 18.4 Å². The van der Waals surface area contributed by atoms with E-state index < -0.39 is 10.0 Å². The van der Waals surface area contributed by atoms with Gasteiger partial charge in [-0.3, -0.25) is 0 Å². The highest BCUT2D eigenvalue weighted by Crippen LogP contribution is 2.34. The van der Waals surface area contributed by atoms with E-state index in [9.17, 15) is 8.42 Å². The van der Waals surface area contributed by atoms with Crippen LogP contribution in [0, 0.1) is 6.92 Å². The maximum Gasteiger partial charge on any atom is 0.211 e. The Morgan fingerprint density at radius 1 is 1.30 bits per heavy atom. The van der Waals surface area contributed by atoms with E-state index in [0.717, 1.165) is 27.3 Å². The Labute approximate surface area is 162 Å². The third kappa shape index (κ3) is 3.76. The molecule has 3 aromatic rings. The smallest absolute Gasteiger partial charge is 0.211 e. The van der Waals surface area contributed by atoms with Crippen LogP contribution in [0.15, 0.2) is 36.0 Å². The van der Waals surface area contributed by atoms with Crippen LogP contribution >= 0.6 is 11.3 Å². The Morgan fingerprint density at radius 2 is 2.11 bits per heavy atom. The van der Waals surface area contributed by atoms with Gasteiger partial charge in [0.25, 0.3) is 0 Å². The number of nitrogens with one attached hydrogen (secondary N) is 1. The fourth-order valence-electron chi connectivity index (χ4n) is 3.19. The number of hydrogen-bond donors (Lipinski definition) is 1. The average molecular weight is 405 g/mol. The number of nitrogens with zero attached hydrogens (tertiary/aromatic N) is 3. The first-order valence-electron chi connectivity index (χ1n) is 8.58. The molecule has 1 saturated heterocycles. The minimum absolute atomic E-state index is 0.170. The second-order valence-electron chi connectivity index (χ2n) is 6.59. The van der Waals surface area contributed by atoms with Crippen molar-refractivity contribution in [1.82, 2.24) is 14.3 Å². The number of sulfonamides is 1. The van der Waals surface area contributed by atoms with Crippen molar-refractivity contribution in [2.45, 2.75) is 19.4 Å². The highest BCUT2D eigenvalue weighted by atomic mass is 32.2. The topological polar surface area (TPSA) is 84.4 Å². The van der Waals surface area contributed by atoms with Crippen LogP contribution in [0.25, 0.3) is 10.2 Å². The van der Waals surface area contributed by atoms with Crippen molar-refractivity contribution in [3.8, 4) is 5.75 Å². The van der Waals surface area contributed by atoms with Gasteiger partial charge in [0.2, 0.25) is 10.0 Å². The molecule has 7 nitrogen and oxygen atoms in total. The van der Waals surface area contributed by atoms with E-state index in [0.29, 0.717) is 25.3 Å². The van der Waals surface area contributed by atoms with Gasteiger partial charge in [-0.2, -0.15) is 4.31 Å². The number of rotatable bonds is 5. The predicted molar refractivity (Wildman–Crippen MR) is 107 cm³/mol. The standard InChI is InChI=1S/C18H20N4O3S2/c1-12-10-26-18-16(12)17(19-11-20-18)21-14-5-3-4-6-15(14)25-13-7-8-22(9-13)27(2,23)24/h3-6,10-11,13H,7-9H2,1-2H3,(H,19,20,21). The summed E-state index contributed by atoms with van der Waals surface area (Å²) in [4.78, 5) is 9.64. The van der Waals surface area contributed by atoms with Crippen LogP contribution in [0.1, 0.15) is 12.0 Å². The van der Waals surface area contributed by atoms with Gasteiger partial charge in [0.15, 0.2) is 0 Å². The number of anilines is 2. The normalized spacial score (nSPS) is 18.1. The van der Waals surface area contributed by atoms with Crippen LogP contribution in [0.4, 0.5) is 11.5 Å². The Bertz CT molecular complexity index is 1080. The Hall–Kier alpha value is -2.23. The molecule has 1 N–H and O–H groups in total. The molecule has 0 spiro atoms. The van der Waals surface area contributed by atoms with Crippen molar-refractivity contribution < 1.29 is 13.2 Å². The molecule has 1 aliphatic heterocycles. The quantitative estimate of drug-likeness (QED) is 0.703. The SMILES string of the molecule is Cc1csc2ncnc(Nc3ccccc3OC3CCN(S(C)(=O)=O)C3)c12. The third-order valence-corrected chi connectivity index (χ3v) is 6.84. The lowest BCUT2D eigenvalue weighted by atomic mass is 10.2. The summed E-state index contributed by atoms with van der Waals surface area (Å²) >= 11 is 1.59. The summed E-state index contributed by atoms with van der Waals surface area (Å²) in [7, 11) is -3.19. The molecule has 142 valence electrons. The summed E-state index contributed by atoms with van der Waals surface area (Å²) in [6, 6.07) is 7.62. The average Bonchev–Trinajstić information content (AvgIpc) is 3.24. The first kappa shape index (κ1) is 18.1. The fraction of sp³-hybridized carbons (Fsp3) is 0.333. The zero-order valence-electron chi connectivity index (χ0n) is 15.0. The molecule has 4 rings (SSSR count). The molecular weight excluding hydrogens is 384 g/mol. The van der Waals surface area contributed by atoms with E-state index in [-0.39, 0.29) is 6.10 Å². The number of thiophene rings is 1. The second kappa shape index (κ2) is 7.06. The van der Waals surface area contributed by atoms with Gasteiger partial charge in [0, 0.05) is 6.54 Å². The third-order valence-electron chi connectivity index (χ3n) is 4.56. The van der Waals surface area contributed by atoms with Crippen molar-refractivity contribution in [2.24, 2.45) is 0 Å². The van der Waals surface area contributed by atoms with E-state index in [1.54, 1.807) is 17.7 Å². The highest BCUT2D eigenvalue weighted by Gasteiger charge is 2.30. The van der Waals surface area contributed by atoms with E-state index >= 15 is 0 Å². The predicted octanol–water partition coefficient (Wildman–Crippen LogP) is 3.16. The molecule has 0 bridgehead atoms. The van der Waals surface area contributed by atoms with Crippen LogP contribution in [-0.2, 0) is 10.0 Å². The van der Waals surface area contributed by atoms with Gasteiger partial charge in [-0.05, 0) is 36.4 Å².